The molecule has 0 heterocycles. The number of rotatable bonds is 30. The van der Waals surface area contributed by atoms with Crippen LogP contribution in [-0.4, -0.2) is 62.4 Å². The van der Waals surface area contributed by atoms with Gasteiger partial charge in [0, 0.05) is 35.7 Å². The molecule has 13 heteroatoms. The standard InChI is InChI=1S/C49H69N7O6/c1-8-10-12-14-16-18-24-56(25-19-17-15-13-11-9-2)41-21-23-42(38(7)30-41)52-54-44-32-47(60-27-29-62-49(58)37(5)6)45(33-46(44)59-26-28-61-48(57)36(3)4)55-53-43-22-20-39(34-50)31-40(43)35-51/h20-23,32-33,39,41,52,54H,3,5,8-19,24-31H2,1-2,4,6-7H3. The highest BCUT2D eigenvalue weighted by Crippen LogP contribution is 2.39. The summed E-state index contributed by atoms with van der Waals surface area (Å²) in [6, 6.07) is 7.92. The molecule has 0 spiro atoms. The smallest absolute Gasteiger partial charge is 0.333 e. The lowest BCUT2D eigenvalue weighted by Gasteiger charge is -2.33. The van der Waals surface area contributed by atoms with Crippen LogP contribution in [-0.2, 0) is 19.1 Å². The minimum Gasteiger partial charge on any atom is -0.488 e. The van der Waals surface area contributed by atoms with Crippen molar-refractivity contribution >= 4 is 23.3 Å². The highest BCUT2D eigenvalue weighted by molar-refractivity contribution is 5.87. The van der Waals surface area contributed by atoms with Crippen molar-refractivity contribution in [3.05, 3.63) is 83.3 Å². The fourth-order valence-electron chi connectivity index (χ4n) is 6.88. The second kappa shape index (κ2) is 28.8. The maximum atomic E-state index is 12.1. The van der Waals surface area contributed by atoms with E-state index in [1.54, 1.807) is 38.1 Å². The molecule has 2 aliphatic rings. The van der Waals surface area contributed by atoms with E-state index in [2.05, 4.69) is 84.2 Å². The molecule has 336 valence electrons. The highest BCUT2D eigenvalue weighted by Gasteiger charge is 2.22. The van der Waals surface area contributed by atoms with E-state index in [1.165, 1.54) is 82.6 Å². The largest absolute Gasteiger partial charge is 0.488 e. The maximum absolute atomic E-state index is 12.1. The zero-order valence-corrected chi connectivity index (χ0v) is 37.9. The predicted octanol–water partition coefficient (Wildman–Crippen LogP) is 11.2. The fraction of sp³-hybridized carbons (Fsp3) is 0.551. The van der Waals surface area contributed by atoms with Crippen LogP contribution in [0.2, 0.25) is 0 Å². The Morgan fingerprint density at radius 2 is 1.34 bits per heavy atom. The average molecular weight is 852 g/mol. The third-order valence-corrected chi connectivity index (χ3v) is 10.6. The molecule has 0 fully saturated rings. The number of nitriles is 2. The van der Waals surface area contributed by atoms with Crippen molar-refractivity contribution in [2.75, 3.05) is 44.9 Å². The van der Waals surface area contributed by atoms with Crippen molar-refractivity contribution in [2.45, 2.75) is 131 Å². The Balaban J connectivity index is 1.88. The normalized spacial score (nSPS) is 15.9. The molecular formula is C49H69N7O6. The molecule has 0 saturated heterocycles. The number of hydrogen-bond acceptors (Lipinski definition) is 13. The molecule has 62 heavy (non-hydrogen) atoms. The van der Waals surface area contributed by atoms with Gasteiger partial charge in [-0.25, -0.2) is 9.59 Å². The van der Waals surface area contributed by atoms with Crippen LogP contribution in [0, 0.1) is 28.6 Å². The summed E-state index contributed by atoms with van der Waals surface area (Å²) in [5, 5.41) is 28.0. The summed E-state index contributed by atoms with van der Waals surface area (Å²) in [6.45, 7) is 19.2. The van der Waals surface area contributed by atoms with Crippen LogP contribution in [0.15, 0.2) is 93.5 Å². The Morgan fingerprint density at radius 1 is 0.758 bits per heavy atom. The maximum Gasteiger partial charge on any atom is 0.333 e. The monoisotopic (exact) mass is 852 g/mol. The number of nitrogens with zero attached hydrogens (tertiary/aromatic N) is 5. The van der Waals surface area contributed by atoms with Crippen LogP contribution < -0.4 is 20.3 Å². The first kappa shape index (κ1) is 50.7. The van der Waals surface area contributed by atoms with E-state index in [4.69, 9.17) is 18.9 Å². The lowest BCUT2D eigenvalue weighted by Crippen LogP contribution is -2.38. The van der Waals surface area contributed by atoms with Gasteiger partial charge in [-0.2, -0.15) is 10.5 Å². The summed E-state index contributed by atoms with van der Waals surface area (Å²) < 4.78 is 22.8. The first-order valence-corrected chi connectivity index (χ1v) is 22.4. The van der Waals surface area contributed by atoms with Gasteiger partial charge in [-0.1, -0.05) is 103 Å². The first-order chi connectivity index (χ1) is 30.0. The van der Waals surface area contributed by atoms with E-state index in [9.17, 15) is 20.1 Å². The van der Waals surface area contributed by atoms with E-state index in [0.717, 1.165) is 25.2 Å². The number of nitrogens with one attached hydrogen (secondary N) is 2. The number of carbonyl (C=O) groups is 2. The summed E-state index contributed by atoms with van der Waals surface area (Å²) in [7, 11) is 0. The molecule has 2 N–H and O–H groups in total. The highest BCUT2D eigenvalue weighted by atomic mass is 16.6. The Hall–Kier alpha value is -5.66. The number of ether oxygens (including phenoxy) is 4. The van der Waals surface area contributed by atoms with Crippen molar-refractivity contribution in [1.82, 2.24) is 10.3 Å². The van der Waals surface area contributed by atoms with Crippen molar-refractivity contribution in [2.24, 2.45) is 16.1 Å². The number of hydrogen-bond donors (Lipinski definition) is 2. The van der Waals surface area contributed by atoms with Crippen molar-refractivity contribution in [1.29, 1.82) is 10.5 Å². The molecule has 2 aliphatic carbocycles. The quantitative estimate of drug-likeness (QED) is 0.0248. The summed E-state index contributed by atoms with van der Waals surface area (Å²) in [5.74, 6) is -0.867. The zero-order valence-electron chi connectivity index (χ0n) is 37.9. The molecule has 1 aromatic rings. The predicted molar refractivity (Wildman–Crippen MR) is 244 cm³/mol. The number of azo groups is 1. The van der Waals surface area contributed by atoms with E-state index >= 15 is 0 Å². The van der Waals surface area contributed by atoms with Gasteiger partial charge in [-0.05, 0) is 70.8 Å². The summed E-state index contributed by atoms with van der Waals surface area (Å²) >= 11 is 0. The van der Waals surface area contributed by atoms with Gasteiger partial charge in [0.15, 0.2) is 0 Å². The average Bonchev–Trinajstić information content (AvgIpc) is 3.27. The van der Waals surface area contributed by atoms with Crippen molar-refractivity contribution < 1.29 is 28.5 Å². The zero-order chi connectivity index (χ0) is 45.1. The van der Waals surface area contributed by atoms with E-state index in [0.29, 0.717) is 28.7 Å². The van der Waals surface area contributed by atoms with Crippen LogP contribution in [0.1, 0.15) is 125 Å². The van der Waals surface area contributed by atoms with Gasteiger partial charge >= 0.3 is 11.9 Å². The summed E-state index contributed by atoms with van der Waals surface area (Å²) in [6.07, 6.45) is 24.1. The molecule has 0 aliphatic heterocycles. The molecule has 2 atom stereocenters. The molecule has 0 bridgehead atoms. The second-order valence-electron chi connectivity index (χ2n) is 16.0. The van der Waals surface area contributed by atoms with Crippen molar-refractivity contribution in [3.63, 3.8) is 0 Å². The number of benzene rings is 1. The van der Waals surface area contributed by atoms with Crippen LogP contribution in [0.4, 0.5) is 11.4 Å². The third-order valence-electron chi connectivity index (χ3n) is 10.6. The van der Waals surface area contributed by atoms with Crippen LogP contribution in [0.5, 0.6) is 11.5 Å². The van der Waals surface area contributed by atoms with E-state index in [-0.39, 0.29) is 55.4 Å². The molecule has 0 radical (unpaired) electrons. The molecule has 3 rings (SSSR count). The molecule has 0 saturated carbocycles. The van der Waals surface area contributed by atoms with Gasteiger partial charge in [0.05, 0.1) is 40.7 Å². The molecule has 13 nitrogen and oxygen atoms in total. The van der Waals surface area contributed by atoms with Gasteiger partial charge in [0.2, 0.25) is 0 Å². The lowest BCUT2D eigenvalue weighted by molar-refractivity contribution is -0.140. The molecule has 0 aromatic heterocycles. The van der Waals surface area contributed by atoms with E-state index in [1.807, 2.05) is 0 Å². The topological polar surface area (TPSA) is 171 Å². The Morgan fingerprint density at radius 3 is 1.89 bits per heavy atom. The number of unbranched alkanes of at least 4 members (excludes halogenated alkanes) is 10. The van der Waals surface area contributed by atoms with Gasteiger partial charge in [-0.15, -0.1) is 10.2 Å². The Kier molecular flexibility index (Phi) is 23.5. The second-order valence-corrected chi connectivity index (χ2v) is 16.0. The Labute approximate surface area is 370 Å². The number of carbonyl (C=O) groups excluding carboxylic acids is 2. The fourth-order valence-corrected chi connectivity index (χ4v) is 6.88. The number of allylic oxidation sites excluding steroid dienone is 4. The lowest BCUT2D eigenvalue weighted by atomic mass is 9.94. The van der Waals surface area contributed by atoms with Gasteiger partial charge in [0.25, 0.3) is 0 Å². The summed E-state index contributed by atoms with van der Waals surface area (Å²) in [5.41, 5.74) is 10.7. The SMILES string of the molecule is C=C(C)C(=O)OCCOc1cc(NNC2=C(C)CC(N(CCCCCCCC)CCCCCCCC)C=C2)c(OCCOC(=O)C(=C)C)cc1N=NC1=C(C#N)CC(C#N)C=C1. The Bertz CT molecular complexity index is 1880. The van der Waals surface area contributed by atoms with Crippen LogP contribution in [0.3, 0.4) is 0 Å². The number of hydrazine groups is 1. The van der Waals surface area contributed by atoms with Crippen molar-refractivity contribution in [3.8, 4) is 23.6 Å². The molecule has 0 amide bonds. The minimum atomic E-state index is -0.536. The molecule has 2 unspecified atom stereocenters. The minimum absolute atomic E-state index is 0.0102. The molecular weight excluding hydrogens is 783 g/mol. The summed E-state index contributed by atoms with van der Waals surface area (Å²) in [4.78, 5) is 26.8. The van der Waals surface area contributed by atoms with Crippen LogP contribution >= 0.6 is 0 Å². The van der Waals surface area contributed by atoms with Gasteiger partial charge in [0.1, 0.15) is 43.6 Å². The molecule has 1 aromatic carbocycles. The van der Waals surface area contributed by atoms with Gasteiger partial charge < -0.3 is 24.4 Å². The van der Waals surface area contributed by atoms with Crippen LogP contribution in [0.25, 0.3) is 0 Å². The number of anilines is 1. The number of esters is 2. The third kappa shape index (κ3) is 18.1. The van der Waals surface area contributed by atoms with E-state index < -0.39 is 17.9 Å². The first-order valence-electron chi connectivity index (χ1n) is 22.4. The van der Waals surface area contributed by atoms with Gasteiger partial charge in [-0.3, -0.25) is 10.3 Å².